The maximum atomic E-state index is 12.9. The third-order valence-corrected chi connectivity index (χ3v) is 7.18. The molecule has 1 aliphatic rings. The van der Waals surface area contributed by atoms with Crippen molar-refractivity contribution in [2.45, 2.75) is 24.2 Å². The van der Waals surface area contributed by atoms with Gasteiger partial charge in [-0.1, -0.05) is 23.9 Å². The Morgan fingerprint density at radius 1 is 1.30 bits per heavy atom. The Kier molecular flexibility index (Phi) is 4.96. The van der Waals surface area contributed by atoms with Crippen molar-refractivity contribution in [3.05, 3.63) is 48.4 Å². The molecule has 1 atom stereocenters. The summed E-state index contributed by atoms with van der Waals surface area (Å²) in [6, 6.07) is 10.9. The number of furan rings is 1. The molecule has 9 heteroatoms. The van der Waals surface area contributed by atoms with Crippen LogP contribution in [0.4, 0.5) is 0 Å². The first-order chi connectivity index (χ1) is 13.0. The number of rotatable bonds is 6. The number of thioether (sulfide) groups is 1. The Balaban J connectivity index is 1.47. The minimum Gasteiger partial charge on any atom is -0.467 e. The molecule has 1 fully saturated rings. The van der Waals surface area contributed by atoms with Crippen molar-refractivity contribution in [1.29, 1.82) is 0 Å². The van der Waals surface area contributed by atoms with E-state index in [0.717, 1.165) is 11.0 Å². The van der Waals surface area contributed by atoms with Crippen LogP contribution in [0.5, 0.6) is 0 Å². The number of H-pyrrole nitrogens is 1. The highest BCUT2D eigenvalue weighted by atomic mass is 32.2. The highest BCUT2D eigenvalue weighted by Gasteiger charge is 2.35. The van der Waals surface area contributed by atoms with E-state index < -0.39 is 9.84 Å². The first-order valence-corrected chi connectivity index (χ1v) is 11.4. The number of nitrogens with one attached hydrogen (secondary N) is 1. The van der Waals surface area contributed by atoms with Gasteiger partial charge in [0, 0.05) is 6.04 Å². The van der Waals surface area contributed by atoms with Crippen molar-refractivity contribution < 1.29 is 17.6 Å². The Labute approximate surface area is 161 Å². The summed E-state index contributed by atoms with van der Waals surface area (Å²) >= 11 is 1.32. The zero-order valence-electron chi connectivity index (χ0n) is 14.5. The number of para-hydroxylation sites is 2. The van der Waals surface area contributed by atoms with Gasteiger partial charge in [-0.2, -0.15) is 0 Å². The molecule has 1 unspecified atom stereocenters. The Bertz CT molecular complexity index is 1010. The smallest absolute Gasteiger partial charge is 0.233 e. The molecule has 0 radical (unpaired) electrons. The summed E-state index contributed by atoms with van der Waals surface area (Å²) in [5.41, 5.74) is 1.77. The Hall–Kier alpha value is -2.26. The molecular weight excluding hydrogens is 386 g/mol. The van der Waals surface area contributed by atoms with Crippen molar-refractivity contribution in [3.63, 3.8) is 0 Å². The van der Waals surface area contributed by atoms with E-state index in [1.807, 2.05) is 24.3 Å². The van der Waals surface area contributed by atoms with Crippen molar-refractivity contribution in [2.75, 3.05) is 17.3 Å². The predicted octanol–water partition coefficient (Wildman–Crippen LogP) is 2.46. The largest absolute Gasteiger partial charge is 0.467 e. The molecule has 1 N–H and O–H groups in total. The average Bonchev–Trinajstić information content (AvgIpc) is 3.36. The number of hydrogen-bond acceptors (Lipinski definition) is 6. The van der Waals surface area contributed by atoms with E-state index in [1.165, 1.54) is 11.8 Å². The summed E-state index contributed by atoms with van der Waals surface area (Å²) < 4.78 is 29.1. The van der Waals surface area contributed by atoms with Crippen molar-refractivity contribution in [1.82, 2.24) is 14.9 Å². The molecule has 3 aromatic rings. The summed E-state index contributed by atoms with van der Waals surface area (Å²) in [4.78, 5) is 22.2. The van der Waals surface area contributed by atoms with Crippen LogP contribution in [0.25, 0.3) is 11.0 Å². The van der Waals surface area contributed by atoms with E-state index in [1.54, 1.807) is 23.3 Å². The summed E-state index contributed by atoms with van der Waals surface area (Å²) in [5, 5.41) is 0.668. The lowest BCUT2D eigenvalue weighted by Gasteiger charge is -2.27. The van der Waals surface area contributed by atoms with Crippen LogP contribution < -0.4 is 0 Å². The molecule has 3 heterocycles. The van der Waals surface area contributed by atoms with E-state index in [2.05, 4.69) is 9.97 Å². The number of aromatic nitrogens is 2. The minimum atomic E-state index is -3.09. The van der Waals surface area contributed by atoms with Crippen LogP contribution >= 0.6 is 11.8 Å². The fourth-order valence-electron chi connectivity index (χ4n) is 3.22. The van der Waals surface area contributed by atoms with E-state index >= 15 is 0 Å². The molecule has 1 saturated heterocycles. The normalized spacial score (nSPS) is 18.7. The molecule has 0 spiro atoms. The van der Waals surface area contributed by atoms with Gasteiger partial charge in [0.2, 0.25) is 5.91 Å². The van der Waals surface area contributed by atoms with Crippen molar-refractivity contribution >= 4 is 38.5 Å². The standard InChI is InChI=1S/C18H19N3O4S2/c22-17(11-26-18-19-15-5-1-2-6-16(15)20-18)21(10-14-4-3-8-25-14)13-7-9-27(23,24)12-13/h1-6,8,13H,7,9-12H2,(H,19,20). The Morgan fingerprint density at radius 3 is 2.85 bits per heavy atom. The second kappa shape index (κ2) is 7.40. The number of nitrogens with zero attached hydrogens (tertiary/aromatic N) is 2. The average molecular weight is 406 g/mol. The molecule has 142 valence electrons. The Morgan fingerprint density at radius 2 is 2.15 bits per heavy atom. The molecule has 0 bridgehead atoms. The van der Waals surface area contributed by atoms with Crippen LogP contribution in [0, 0.1) is 0 Å². The molecule has 7 nitrogen and oxygen atoms in total. The topological polar surface area (TPSA) is 96.3 Å². The van der Waals surface area contributed by atoms with Gasteiger partial charge in [0.1, 0.15) is 5.76 Å². The maximum Gasteiger partial charge on any atom is 0.233 e. The molecular formula is C18H19N3O4S2. The molecule has 1 aliphatic heterocycles. The van der Waals surface area contributed by atoms with Crippen LogP contribution in [0.1, 0.15) is 12.2 Å². The number of hydrogen-bond donors (Lipinski definition) is 1. The maximum absolute atomic E-state index is 12.9. The van der Waals surface area contributed by atoms with E-state index in [4.69, 9.17) is 4.42 Å². The second-order valence-corrected chi connectivity index (χ2v) is 9.70. The second-order valence-electron chi connectivity index (χ2n) is 6.51. The van der Waals surface area contributed by atoms with Gasteiger partial charge in [-0.05, 0) is 30.7 Å². The molecule has 0 aliphatic carbocycles. The highest BCUT2D eigenvalue weighted by molar-refractivity contribution is 7.99. The quantitative estimate of drug-likeness (QED) is 0.633. The van der Waals surface area contributed by atoms with Gasteiger partial charge >= 0.3 is 0 Å². The fraction of sp³-hybridized carbons (Fsp3) is 0.333. The zero-order valence-corrected chi connectivity index (χ0v) is 16.1. The SMILES string of the molecule is O=C(CSc1nc2ccccc2[nH]1)N(Cc1ccco1)C1CCS(=O)(=O)C1. The lowest BCUT2D eigenvalue weighted by molar-refractivity contribution is -0.131. The number of benzene rings is 1. The molecule has 1 aromatic carbocycles. The lowest BCUT2D eigenvalue weighted by atomic mass is 10.2. The van der Waals surface area contributed by atoms with Crippen molar-refractivity contribution in [3.8, 4) is 0 Å². The van der Waals surface area contributed by atoms with Gasteiger partial charge in [0.05, 0.1) is 41.1 Å². The van der Waals surface area contributed by atoms with E-state index in [-0.39, 0.29) is 35.8 Å². The summed E-state index contributed by atoms with van der Waals surface area (Å²) in [7, 11) is -3.09. The van der Waals surface area contributed by atoms with Gasteiger partial charge in [0.25, 0.3) is 0 Å². The number of imidazole rings is 1. The number of fused-ring (bicyclic) bond motifs is 1. The monoisotopic (exact) mass is 405 g/mol. The van der Waals surface area contributed by atoms with Crippen LogP contribution in [-0.4, -0.2) is 52.5 Å². The lowest BCUT2D eigenvalue weighted by Crippen LogP contribution is -2.41. The summed E-state index contributed by atoms with van der Waals surface area (Å²) in [5.74, 6) is 0.822. The van der Waals surface area contributed by atoms with E-state index in [9.17, 15) is 13.2 Å². The first kappa shape index (κ1) is 18.1. The van der Waals surface area contributed by atoms with Gasteiger partial charge in [0.15, 0.2) is 15.0 Å². The number of amides is 1. The van der Waals surface area contributed by atoms with E-state index in [0.29, 0.717) is 17.3 Å². The summed E-state index contributed by atoms with van der Waals surface area (Å²) in [6.07, 6.45) is 2.01. The van der Waals surface area contributed by atoms with Crippen molar-refractivity contribution in [2.24, 2.45) is 0 Å². The molecule has 1 amide bonds. The third kappa shape index (κ3) is 4.19. The predicted molar refractivity (Wildman–Crippen MR) is 103 cm³/mol. The third-order valence-electron chi connectivity index (χ3n) is 4.58. The first-order valence-electron chi connectivity index (χ1n) is 8.60. The number of aromatic amines is 1. The van der Waals surface area contributed by atoms with Gasteiger partial charge in [-0.25, -0.2) is 13.4 Å². The fourth-order valence-corrected chi connectivity index (χ4v) is 5.73. The van der Waals surface area contributed by atoms with Gasteiger partial charge in [-0.15, -0.1) is 0 Å². The molecule has 2 aromatic heterocycles. The van der Waals surface area contributed by atoms with Crippen LogP contribution in [0.2, 0.25) is 0 Å². The molecule has 4 rings (SSSR count). The summed E-state index contributed by atoms with van der Waals surface area (Å²) in [6.45, 7) is 0.271. The zero-order chi connectivity index (χ0) is 18.9. The number of carbonyl (C=O) groups is 1. The molecule has 0 saturated carbocycles. The molecule has 27 heavy (non-hydrogen) atoms. The van der Waals surface area contributed by atoms with Gasteiger partial charge < -0.3 is 14.3 Å². The van der Waals surface area contributed by atoms with Crippen LogP contribution in [0.15, 0.2) is 52.2 Å². The van der Waals surface area contributed by atoms with Crippen LogP contribution in [-0.2, 0) is 21.2 Å². The number of sulfone groups is 1. The van der Waals surface area contributed by atoms with Crippen LogP contribution in [0.3, 0.4) is 0 Å². The number of carbonyl (C=O) groups excluding carboxylic acids is 1. The minimum absolute atomic E-state index is 0.00868. The highest BCUT2D eigenvalue weighted by Crippen LogP contribution is 2.24. The van der Waals surface area contributed by atoms with Gasteiger partial charge in [-0.3, -0.25) is 4.79 Å².